The smallest absolute Gasteiger partial charge is 0.463 e. The summed E-state index contributed by atoms with van der Waals surface area (Å²) >= 11 is 5.77. The van der Waals surface area contributed by atoms with Gasteiger partial charge in [-0.1, -0.05) is 11.6 Å². The Kier molecular flexibility index (Phi) is 5.84. The van der Waals surface area contributed by atoms with Crippen LogP contribution in [-0.2, 0) is 19.6 Å². The molecule has 0 spiro atoms. The molecule has 0 aromatic heterocycles. The van der Waals surface area contributed by atoms with Crippen LogP contribution in [-0.4, -0.2) is 26.5 Å². The molecule has 5 nitrogen and oxygen atoms in total. The lowest BCUT2D eigenvalue weighted by atomic mass is 10.2. The first-order valence-corrected chi connectivity index (χ1v) is 7.50. The van der Waals surface area contributed by atoms with Crippen LogP contribution in [0.4, 0.5) is 13.2 Å². The minimum Gasteiger partial charge on any atom is -0.463 e. The average Bonchev–Trinajstić information content (AvgIpc) is 2.36. The van der Waals surface area contributed by atoms with Crippen molar-refractivity contribution in [2.24, 2.45) is 0 Å². The molecular formula is C12H10ClF3O5S. The number of benzene rings is 1. The summed E-state index contributed by atoms with van der Waals surface area (Å²) in [5.41, 5.74) is -5.27. The number of halogens is 4. The minimum absolute atomic E-state index is 0.101. The molecule has 1 rings (SSSR count). The van der Waals surface area contributed by atoms with Gasteiger partial charge in [-0.05, 0) is 30.7 Å². The van der Waals surface area contributed by atoms with Gasteiger partial charge in [0.05, 0.1) is 11.6 Å². The van der Waals surface area contributed by atoms with E-state index in [1.807, 2.05) is 0 Å². The molecule has 0 saturated heterocycles. The molecule has 0 saturated carbocycles. The van der Waals surface area contributed by atoms with Crippen molar-refractivity contribution in [1.29, 1.82) is 0 Å². The summed E-state index contributed by atoms with van der Waals surface area (Å²) in [6.07, 6.45) is 2.33. The molecule has 0 fully saturated rings. The van der Waals surface area contributed by atoms with Crippen molar-refractivity contribution in [2.45, 2.75) is 12.4 Å². The van der Waals surface area contributed by atoms with Crippen LogP contribution < -0.4 is 4.18 Å². The van der Waals surface area contributed by atoms with E-state index in [-0.39, 0.29) is 17.2 Å². The van der Waals surface area contributed by atoms with E-state index in [0.717, 1.165) is 18.2 Å². The van der Waals surface area contributed by atoms with E-state index in [2.05, 4.69) is 8.92 Å². The van der Waals surface area contributed by atoms with Crippen LogP contribution in [0, 0.1) is 0 Å². The van der Waals surface area contributed by atoms with Crippen LogP contribution in [0.5, 0.6) is 5.75 Å². The lowest BCUT2D eigenvalue weighted by Gasteiger charge is -2.10. The Morgan fingerprint density at radius 1 is 1.36 bits per heavy atom. The first-order valence-electron chi connectivity index (χ1n) is 5.72. The van der Waals surface area contributed by atoms with Crippen molar-refractivity contribution in [3.8, 4) is 5.75 Å². The van der Waals surface area contributed by atoms with Crippen molar-refractivity contribution in [3.05, 3.63) is 34.9 Å². The average molecular weight is 359 g/mol. The number of esters is 1. The second-order valence-electron chi connectivity index (χ2n) is 3.75. The van der Waals surface area contributed by atoms with E-state index in [0.29, 0.717) is 0 Å². The summed E-state index contributed by atoms with van der Waals surface area (Å²) in [5, 5.41) is -0.101. The number of ether oxygens (including phenoxy) is 1. The van der Waals surface area contributed by atoms with Gasteiger partial charge in [0.1, 0.15) is 5.75 Å². The standard InChI is InChI=1S/C12H10ClF3O5S/c1-2-20-11(17)6-4-8-3-5-9(7-10(8)13)21-22(18,19)12(14,15)16/h3-7H,2H2,1H3. The third-order valence-corrected chi connectivity index (χ3v) is 3.45. The molecular weight excluding hydrogens is 349 g/mol. The molecule has 1 aromatic carbocycles. The molecule has 122 valence electrons. The zero-order chi connectivity index (χ0) is 17.0. The minimum atomic E-state index is -5.76. The fourth-order valence-electron chi connectivity index (χ4n) is 1.22. The highest BCUT2D eigenvalue weighted by Gasteiger charge is 2.48. The molecule has 1 aromatic rings. The van der Waals surface area contributed by atoms with Gasteiger partial charge in [-0.15, -0.1) is 0 Å². The molecule has 0 amide bonds. The van der Waals surface area contributed by atoms with Gasteiger partial charge in [0, 0.05) is 12.1 Å². The maximum atomic E-state index is 12.2. The third kappa shape index (κ3) is 4.92. The largest absolute Gasteiger partial charge is 0.534 e. The van der Waals surface area contributed by atoms with Gasteiger partial charge in [0.15, 0.2) is 0 Å². The lowest BCUT2D eigenvalue weighted by Crippen LogP contribution is -2.28. The van der Waals surface area contributed by atoms with Crippen molar-refractivity contribution < 1.29 is 35.3 Å². The van der Waals surface area contributed by atoms with Gasteiger partial charge in [-0.3, -0.25) is 0 Å². The van der Waals surface area contributed by atoms with Gasteiger partial charge >= 0.3 is 21.6 Å². The normalized spacial score (nSPS) is 12.4. The highest BCUT2D eigenvalue weighted by molar-refractivity contribution is 7.88. The highest BCUT2D eigenvalue weighted by atomic mass is 35.5. The van der Waals surface area contributed by atoms with Crippen LogP contribution in [0.2, 0.25) is 5.02 Å². The van der Waals surface area contributed by atoms with E-state index >= 15 is 0 Å². The monoisotopic (exact) mass is 358 g/mol. The van der Waals surface area contributed by atoms with E-state index < -0.39 is 27.3 Å². The summed E-state index contributed by atoms with van der Waals surface area (Å²) in [6, 6.07) is 3.05. The van der Waals surface area contributed by atoms with Crippen LogP contribution in [0.15, 0.2) is 24.3 Å². The summed E-state index contributed by atoms with van der Waals surface area (Å²) in [4.78, 5) is 11.1. The molecule has 0 bridgehead atoms. The first kappa shape index (κ1) is 18.3. The molecule has 0 atom stereocenters. The molecule has 22 heavy (non-hydrogen) atoms. The second-order valence-corrected chi connectivity index (χ2v) is 5.70. The van der Waals surface area contributed by atoms with Crippen LogP contribution >= 0.6 is 11.6 Å². The Labute approximate surface area is 129 Å². The topological polar surface area (TPSA) is 69.7 Å². The van der Waals surface area contributed by atoms with E-state index in [4.69, 9.17) is 11.6 Å². The Hall–Kier alpha value is -1.74. The molecule has 0 radical (unpaired) electrons. The SMILES string of the molecule is CCOC(=O)C=Cc1ccc(OS(=O)(=O)C(F)(F)F)cc1Cl. The predicted molar refractivity (Wildman–Crippen MR) is 72.7 cm³/mol. The molecule has 0 aliphatic heterocycles. The number of hydrogen-bond acceptors (Lipinski definition) is 5. The Morgan fingerprint density at radius 3 is 2.50 bits per heavy atom. The van der Waals surface area contributed by atoms with Crippen molar-refractivity contribution in [1.82, 2.24) is 0 Å². The molecule has 10 heteroatoms. The Bertz CT molecular complexity index is 682. The molecule has 0 heterocycles. The molecule has 0 N–H and O–H groups in total. The number of carbonyl (C=O) groups excluding carboxylic acids is 1. The molecule has 0 aliphatic rings. The van der Waals surface area contributed by atoms with Crippen LogP contribution in [0.1, 0.15) is 12.5 Å². The molecule has 0 aliphatic carbocycles. The fourth-order valence-corrected chi connectivity index (χ4v) is 1.90. The maximum absolute atomic E-state index is 12.2. The number of alkyl halides is 3. The zero-order valence-corrected chi connectivity index (χ0v) is 12.6. The van der Waals surface area contributed by atoms with Gasteiger partial charge in [-0.2, -0.15) is 21.6 Å². The van der Waals surface area contributed by atoms with Gasteiger partial charge in [0.2, 0.25) is 0 Å². The van der Waals surface area contributed by atoms with Gasteiger partial charge < -0.3 is 8.92 Å². The predicted octanol–water partition coefficient (Wildman–Crippen LogP) is 3.14. The summed E-state index contributed by atoms with van der Waals surface area (Å²) in [6.45, 7) is 1.80. The summed E-state index contributed by atoms with van der Waals surface area (Å²) in [5.74, 6) is -1.23. The fraction of sp³-hybridized carbons (Fsp3) is 0.250. The second kappa shape index (κ2) is 7.01. The summed E-state index contributed by atoms with van der Waals surface area (Å²) in [7, 11) is -5.76. The number of rotatable bonds is 5. The van der Waals surface area contributed by atoms with Crippen molar-refractivity contribution in [3.63, 3.8) is 0 Å². The van der Waals surface area contributed by atoms with Crippen LogP contribution in [0.25, 0.3) is 6.08 Å². The first-order chi connectivity index (χ1) is 10.1. The highest BCUT2D eigenvalue weighted by Crippen LogP contribution is 2.29. The van der Waals surface area contributed by atoms with Gasteiger partial charge in [0.25, 0.3) is 0 Å². The zero-order valence-electron chi connectivity index (χ0n) is 11.1. The Morgan fingerprint density at radius 2 is 2.00 bits per heavy atom. The molecule has 0 unspecified atom stereocenters. The number of hydrogen-bond donors (Lipinski definition) is 0. The lowest BCUT2D eigenvalue weighted by molar-refractivity contribution is -0.137. The van der Waals surface area contributed by atoms with Crippen molar-refractivity contribution >= 4 is 33.8 Å². The van der Waals surface area contributed by atoms with Gasteiger partial charge in [-0.25, -0.2) is 4.79 Å². The summed E-state index contributed by atoms with van der Waals surface area (Å²) < 4.78 is 66.7. The maximum Gasteiger partial charge on any atom is 0.534 e. The Balaban J connectivity index is 2.94. The number of carbonyl (C=O) groups is 1. The van der Waals surface area contributed by atoms with E-state index in [1.54, 1.807) is 6.92 Å². The quantitative estimate of drug-likeness (QED) is 0.350. The third-order valence-electron chi connectivity index (χ3n) is 2.15. The van der Waals surface area contributed by atoms with Crippen LogP contribution in [0.3, 0.4) is 0 Å². The van der Waals surface area contributed by atoms with E-state index in [1.165, 1.54) is 12.1 Å². The van der Waals surface area contributed by atoms with E-state index in [9.17, 15) is 26.4 Å². The van der Waals surface area contributed by atoms with Crippen molar-refractivity contribution in [2.75, 3.05) is 6.61 Å².